The van der Waals surface area contributed by atoms with Crippen LogP contribution >= 0.6 is 0 Å². The Morgan fingerprint density at radius 1 is 1.48 bits per heavy atom. The fraction of sp³-hybridized carbons (Fsp3) is 0.400. The number of nitrogens with zero attached hydrogens (tertiary/aromatic N) is 1. The second-order valence-electron chi connectivity index (χ2n) is 4.76. The highest BCUT2D eigenvalue weighted by Crippen LogP contribution is 2.14. The monoisotopic (exact) mass is 292 g/mol. The van der Waals surface area contributed by atoms with E-state index in [1.807, 2.05) is 0 Å². The second kappa shape index (κ2) is 7.50. The Morgan fingerprint density at radius 3 is 2.67 bits per heavy atom. The van der Waals surface area contributed by atoms with Gasteiger partial charge >= 0.3 is 0 Å². The lowest BCUT2D eigenvalue weighted by Crippen LogP contribution is -2.41. The maximum atomic E-state index is 13.5. The zero-order valence-electron chi connectivity index (χ0n) is 12.1. The van der Waals surface area contributed by atoms with Crippen LogP contribution in [0, 0.1) is 30.0 Å². The summed E-state index contributed by atoms with van der Waals surface area (Å²) in [5, 5.41) is 11.5. The number of Topliss-reactive ketones (excluding diaryl/α,β-unsaturated/α-hetero) is 1. The summed E-state index contributed by atoms with van der Waals surface area (Å²) in [6.45, 7) is 3.51. The first kappa shape index (κ1) is 16.8. The molecule has 1 N–H and O–H groups in total. The van der Waals surface area contributed by atoms with E-state index < -0.39 is 23.4 Å². The molecule has 21 heavy (non-hydrogen) atoms. The molecule has 1 amide bonds. The molecule has 2 atom stereocenters. The van der Waals surface area contributed by atoms with Gasteiger partial charge in [-0.15, -0.1) is 0 Å². The van der Waals surface area contributed by atoms with E-state index in [0.717, 1.165) is 6.07 Å². The van der Waals surface area contributed by atoms with Crippen LogP contribution in [0.4, 0.5) is 4.39 Å². The number of nitrogens with one attached hydrogen (secondary N) is 1. The summed E-state index contributed by atoms with van der Waals surface area (Å²) in [5.74, 6) is -3.50. The molecule has 0 radical (unpaired) electrons. The van der Waals surface area contributed by atoms with Gasteiger partial charge in [-0.25, -0.2) is 4.39 Å². The second-order valence-corrected chi connectivity index (χ2v) is 4.76. The Hall–Kier alpha value is -2.26. The van der Waals surface area contributed by atoms with Crippen molar-refractivity contribution in [2.45, 2.75) is 19.9 Å². The molecule has 0 saturated carbocycles. The van der Waals surface area contributed by atoms with E-state index in [0.29, 0.717) is 5.56 Å². The number of rotatable bonds is 6. The lowest BCUT2D eigenvalue weighted by atomic mass is 9.97. The molecule has 6 heteroatoms. The van der Waals surface area contributed by atoms with Gasteiger partial charge in [0.15, 0.2) is 11.7 Å². The van der Waals surface area contributed by atoms with Gasteiger partial charge in [0.1, 0.15) is 5.82 Å². The summed E-state index contributed by atoms with van der Waals surface area (Å²) >= 11 is 0. The van der Waals surface area contributed by atoms with Gasteiger partial charge in [0, 0.05) is 18.7 Å². The number of carbonyl (C=O) groups excluding carboxylic acids is 2. The molecule has 0 saturated heterocycles. The molecule has 0 heterocycles. The molecule has 0 aliphatic heterocycles. The van der Waals surface area contributed by atoms with Gasteiger partial charge in [-0.1, -0.05) is 12.1 Å². The number of methoxy groups -OCH3 is 1. The Labute approximate surface area is 122 Å². The van der Waals surface area contributed by atoms with Crippen LogP contribution in [-0.2, 0) is 9.53 Å². The molecule has 112 valence electrons. The summed E-state index contributed by atoms with van der Waals surface area (Å²) in [6, 6.07) is 5.19. The molecule has 0 bridgehead atoms. The summed E-state index contributed by atoms with van der Waals surface area (Å²) in [6.07, 6.45) is 0. The van der Waals surface area contributed by atoms with Gasteiger partial charge in [0.25, 0.3) is 0 Å². The smallest absolute Gasteiger partial charge is 0.245 e. The number of ketones is 1. The molecule has 0 aliphatic rings. The number of amides is 1. The minimum absolute atomic E-state index is 0.000746. The molecule has 0 aromatic heterocycles. The van der Waals surface area contributed by atoms with Crippen LogP contribution in [0.2, 0.25) is 0 Å². The number of aryl methyl sites for hydroxylation is 1. The summed E-state index contributed by atoms with van der Waals surface area (Å²) in [4.78, 5) is 24.1. The average molecular weight is 292 g/mol. The molecular weight excluding hydrogens is 275 g/mol. The Balaban J connectivity index is 2.89. The van der Waals surface area contributed by atoms with Crippen molar-refractivity contribution in [1.82, 2.24) is 5.32 Å². The van der Waals surface area contributed by atoms with E-state index in [-0.39, 0.29) is 18.2 Å². The van der Waals surface area contributed by atoms with Gasteiger partial charge < -0.3 is 10.1 Å². The van der Waals surface area contributed by atoms with Crippen LogP contribution in [0.25, 0.3) is 0 Å². The first-order valence-corrected chi connectivity index (χ1v) is 6.40. The van der Waals surface area contributed by atoms with Crippen molar-refractivity contribution in [3.8, 4) is 6.07 Å². The minimum atomic E-state index is -1.51. The van der Waals surface area contributed by atoms with Crippen molar-refractivity contribution < 1.29 is 18.7 Å². The SMILES string of the molecule is COC[C@H](C)NC(=O)[C@H](C#N)C(=O)c1ccc(C)c(F)c1. The van der Waals surface area contributed by atoms with E-state index in [9.17, 15) is 14.0 Å². The van der Waals surface area contributed by atoms with E-state index in [4.69, 9.17) is 10.00 Å². The molecule has 5 nitrogen and oxygen atoms in total. The number of benzene rings is 1. The highest BCUT2D eigenvalue weighted by molar-refractivity contribution is 6.12. The number of carbonyl (C=O) groups is 2. The van der Waals surface area contributed by atoms with Crippen molar-refractivity contribution in [2.24, 2.45) is 5.92 Å². The third kappa shape index (κ3) is 4.36. The average Bonchev–Trinajstić information content (AvgIpc) is 2.42. The Bertz CT molecular complexity index is 581. The number of halogens is 1. The van der Waals surface area contributed by atoms with E-state index in [1.54, 1.807) is 19.9 Å². The van der Waals surface area contributed by atoms with Gasteiger partial charge in [0.2, 0.25) is 5.91 Å². The molecule has 1 rings (SSSR count). The number of hydrogen-bond donors (Lipinski definition) is 1. The van der Waals surface area contributed by atoms with Gasteiger partial charge in [0.05, 0.1) is 12.7 Å². The summed E-state index contributed by atoms with van der Waals surface area (Å²) in [5.41, 5.74) is 0.387. The van der Waals surface area contributed by atoms with Crippen molar-refractivity contribution in [1.29, 1.82) is 5.26 Å². The highest BCUT2D eigenvalue weighted by Gasteiger charge is 2.28. The predicted octanol–water partition coefficient (Wildman–Crippen LogP) is 1.61. The maximum Gasteiger partial charge on any atom is 0.245 e. The largest absolute Gasteiger partial charge is 0.383 e. The van der Waals surface area contributed by atoms with Crippen molar-refractivity contribution in [2.75, 3.05) is 13.7 Å². The predicted molar refractivity (Wildman–Crippen MR) is 74.1 cm³/mol. The van der Waals surface area contributed by atoms with E-state index in [2.05, 4.69) is 5.32 Å². The molecule has 0 spiro atoms. The van der Waals surface area contributed by atoms with Crippen molar-refractivity contribution in [3.05, 3.63) is 35.1 Å². The lowest BCUT2D eigenvalue weighted by Gasteiger charge is -2.15. The molecule has 1 aromatic rings. The first-order valence-electron chi connectivity index (χ1n) is 6.40. The maximum absolute atomic E-state index is 13.5. The fourth-order valence-electron chi connectivity index (χ4n) is 1.77. The van der Waals surface area contributed by atoms with Crippen molar-refractivity contribution >= 4 is 11.7 Å². The van der Waals surface area contributed by atoms with Gasteiger partial charge in [-0.05, 0) is 25.5 Å². The topological polar surface area (TPSA) is 79.2 Å². The third-order valence-corrected chi connectivity index (χ3v) is 2.92. The van der Waals surface area contributed by atoms with E-state index in [1.165, 1.54) is 19.2 Å². The normalized spacial score (nSPS) is 13.1. The standard InChI is InChI=1S/C15H17FN2O3/c1-9-4-5-11(6-13(9)16)14(19)12(7-17)15(20)18-10(2)8-21-3/h4-6,10,12H,8H2,1-3H3,(H,18,20)/t10-,12+/m0/s1. The zero-order chi connectivity index (χ0) is 16.0. The minimum Gasteiger partial charge on any atom is -0.383 e. The van der Waals surface area contributed by atoms with Crippen LogP contribution in [0.5, 0.6) is 0 Å². The molecule has 1 aromatic carbocycles. The molecule has 0 aliphatic carbocycles. The number of nitriles is 1. The van der Waals surface area contributed by atoms with Gasteiger partial charge in [-0.2, -0.15) is 5.26 Å². The van der Waals surface area contributed by atoms with Crippen LogP contribution in [-0.4, -0.2) is 31.4 Å². The van der Waals surface area contributed by atoms with E-state index >= 15 is 0 Å². The fourth-order valence-corrected chi connectivity index (χ4v) is 1.77. The third-order valence-electron chi connectivity index (χ3n) is 2.92. The summed E-state index contributed by atoms with van der Waals surface area (Å²) in [7, 11) is 1.48. The number of hydrogen-bond acceptors (Lipinski definition) is 4. The molecular formula is C15H17FN2O3. The number of ether oxygens (including phenoxy) is 1. The first-order chi connectivity index (χ1) is 9.90. The molecule has 0 fully saturated rings. The Morgan fingerprint density at radius 2 is 2.14 bits per heavy atom. The Kier molecular flexibility index (Phi) is 6.00. The lowest BCUT2D eigenvalue weighted by molar-refractivity contribution is -0.123. The van der Waals surface area contributed by atoms with Crippen LogP contribution < -0.4 is 5.32 Å². The van der Waals surface area contributed by atoms with Crippen LogP contribution in [0.15, 0.2) is 18.2 Å². The van der Waals surface area contributed by atoms with Crippen LogP contribution in [0.1, 0.15) is 22.8 Å². The zero-order valence-corrected chi connectivity index (χ0v) is 12.1. The molecule has 0 unspecified atom stereocenters. The highest BCUT2D eigenvalue weighted by atomic mass is 19.1. The van der Waals surface area contributed by atoms with Gasteiger partial charge in [-0.3, -0.25) is 9.59 Å². The summed E-state index contributed by atoms with van der Waals surface area (Å²) < 4.78 is 18.3. The van der Waals surface area contributed by atoms with Crippen LogP contribution in [0.3, 0.4) is 0 Å². The quantitative estimate of drug-likeness (QED) is 0.638. The van der Waals surface area contributed by atoms with Crippen molar-refractivity contribution in [3.63, 3.8) is 0 Å².